The van der Waals surface area contributed by atoms with E-state index in [1.54, 1.807) is 11.2 Å². The molecule has 1 atom stereocenters. The second-order valence-electron chi connectivity index (χ2n) is 5.67. The molecule has 2 heterocycles. The van der Waals surface area contributed by atoms with Crippen molar-refractivity contribution in [1.82, 2.24) is 10.2 Å². The minimum absolute atomic E-state index is 0.154. The van der Waals surface area contributed by atoms with Crippen molar-refractivity contribution in [2.75, 3.05) is 19.6 Å². The van der Waals surface area contributed by atoms with Crippen LogP contribution >= 0.6 is 0 Å². The van der Waals surface area contributed by atoms with Gasteiger partial charge in [-0.25, -0.2) is 0 Å². The van der Waals surface area contributed by atoms with Gasteiger partial charge in [-0.3, -0.25) is 4.79 Å². The van der Waals surface area contributed by atoms with Crippen LogP contribution in [0.1, 0.15) is 38.4 Å². The molecule has 2 rings (SSSR count). The topological polar surface area (TPSA) is 69.3 Å². The quantitative estimate of drug-likeness (QED) is 0.836. The van der Waals surface area contributed by atoms with Gasteiger partial charge in [-0.15, -0.1) is 0 Å². The van der Waals surface area contributed by atoms with Crippen molar-refractivity contribution in [3.8, 4) is 6.07 Å². The van der Waals surface area contributed by atoms with Gasteiger partial charge >= 0.3 is 0 Å². The van der Waals surface area contributed by atoms with Gasteiger partial charge in [-0.2, -0.15) is 5.26 Å². The lowest BCUT2D eigenvalue weighted by Gasteiger charge is -2.33. The molecule has 1 aromatic rings. The molecule has 1 aromatic heterocycles. The second-order valence-corrected chi connectivity index (χ2v) is 5.67. The first kappa shape index (κ1) is 15.6. The summed E-state index contributed by atoms with van der Waals surface area (Å²) in [4.78, 5) is 14.8. The normalized spacial score (nSPS) is 21.1. The standard InChI is InChI=1S/C16H23N3O2/c1-2-6-16(7-9-18-13-16)15(20)19(10-4-8-17)12-14-5-3-11-21-14/h3,5,11,18H,2,4,6-7,9-10,12-13H2,1H3. The molecule has 1 unspecified atom stereocenters. The Morgan fingerprint density at radius 3 is 3.05 bits per heavy atom. The van der Waals surface area contributed by atoms with E-state index in [-0.39, 0.29) is 11.3 Å². The molecule has 1 fully saturated rings. The number of amides is 1. The fourth-order valence-electron chi connectivity index (χ4n) is 3.09. The maximum absolute atomic E-state index is 13.0. The van der Waals surface area contributed by atoms with Crippen LogP contribution in [0.4, 0.5) is 0 Å². The Morgan fingerprint density at radius 2 is 2.48 bits per heavy atom. The predicted molar refractivity (Wildman–Crippen MR) is 79.2 cm³/mol. The molecule has 5 heteroatoms. The molecule has 1 aliphatic heterocycles. The Balaban J connectivity index is 2.14. The molecule has 1 aliphatic rings. The molecule has 0 saturated carbocycles. The maximum Gasteiger partial charge on any atom is 0.230 e. The van der Waals surface area contributed by atoms with E-state index in [1.807, 2.05) is 12.1 Å². The van der Waals surface area contributed by atoms with Crippen LogP contribution in [-0.2, 0) is 11.3 Å². The molecule has 114 valence electrons. The Hall–Kier alpha value is -1.80. The molecule has 0 radical (unpaired) electrons. The number of hydrogen-bond donors (Lipinski definition) is 1. The van der Waals surface area contributed by atoms with Crippen molar-refractivity contribution in [2.24, 2.45) is 5.41 Å². The van der Waals surface area contributed by atoms with Crippen LogP contribution in [0.15, 0.2) is 22.8 Å². The van der Waals surface area contributed by atoms with E-state index in [0.717, 1.165) is 38.1 Å². The summed E-state index contributed by atoms with van der Waals surface area (Å²) in [5.41, 5.74) is -0.309. The fourth-order valence-corrected chi connectivity index (χ4v) is 3.09. The Bertz CT molecular complexity index is 484. The lowest BCUT2D eigenvalue weighted by molar-refractivity contribution is -0.142. The molecule has 1 N–H and O–H groups in total. The molecule has 0 aromatic carbocycles. The SMILES string of the molecule is CCCC1(C(=O)N(CCC#N)Cc2ccco2)CCNC1. The van der Waals surface area contributed by atoms with Crippen molar-refractivity contribution >= 4 is 5.91 Å². The number of nitriles is 1. The molecule has 1 amide bonds. The van der Waals surface area contributed by atoms with Crippen LogP contribution in [0.5, 0.6) is 0 Å². The zero-order valence-electron chi connectivity index (χ0n) is 12.6. The van der Waals surface area contributed by atoms with Crippen LogP contribution in [0, 0.1) is 16.7 Å². The summed E-state index contributed by atoms with van der Waals surface area (Å²) < 4.78 is 5.36. The Kier molecular flexibility index (Phi) is 5.40. The van der Waals surface area contributed by atoms with E-state index in [0.29, 0.717) is 19.5 Å². The van der Waals surface area contributed by atoms with Gasteiger partial charge in [0.25, 0.3) is 0 Å². The summed E-state index contributed by atoms with van der Waals surface area (Å²) in [6.45, 7) is 4.64. The average molecular weight is 289 g/mol. The van der Waals surface area contributed by atoms with Crippen LogP contribution < -0.4 is 5.32 Å². The molecule has 21 heavy (non-hydrogen) atoms. The van der Waals surface area contributed by atoms with Gasteiger partial charge in [-0.05, 0) is 31.5 Å². The highest BCUT2D eigenvalue weighted by molar-refractivity contribution is 5.83. The van der Waals surface area contributed by atoms with Crippen molar-refractivity contribution in [1.29, 1.82) is 5.26 Å². The van der Waals surface area contributed by atoms with Crippen molar-refractivity contribution in [2.45, 2.75) is 39.2 Å². The summed E-state index contributed by atoms with van der Waals surface area (Å²) in [6, 6.07) is 5.82. The minimum atomic E-state index is -0.309. The first-order valence-corrected chi connectivity index (χ1v) is 7.61. The van der Waals surface area contributed by atoms with Gasteiger partial charge in [-0.1, -0.05) is 13.3 Å². The largest absolute Gasteiger partial charge is 0.467 e. The number of carbonyl (C=O) groups is 1. The van der Waals surface area contributed by atoms with E-state index in [4.69, 9.17) is 9.68 Å². The highest BCUT2D eigenvalue weighted by Gasteiger charge is 2.42. The van der Waals surface area contributed by atoms with Crippen LogP contribution in [0.2, 0.25) is 0 Å². The zero-order valence-corrected chi connectivity index (χ0v) is 12.6. The van der Waals surface area contributed by atoms with Crippen molar-refractivity contribution in [3.63, 3.8) is 0 Å². The fraction of sp³-hybridized carbons (Fsp3) is 0.625. The van der Waals surface area contributed by atoms with Gasteiger partial charge in [0.1, 0.15) is 5.76 Å². The highest BCUT2D eigenvalue weighted by atomic mass is 16.3. The summed E-state index contributed by atoms with van der Waals surface area (Å²) in [6.07, 6.45) is 4.71. The molecule has 0 aliphatic carbocycles. The third-order valence-electron chi connectivity index (χ3n) is 4.13. The first-order chi connectivity index (χ1) is 10.2. The number of furan rings is 1. The average Bonchev–Trinajstić information content (AvgIpc) is 3.15. The lowest BCUT2D eigenvalue weighted by atomic mass is 9.81. The van der Waals surface area contributed by atoms with Gasteiger partial charge in [0.2, 0.25) is 5.91 Å². The molecular weight excluding hydrogens is 266 g/mol. The Morgan fingerprint density at radius 1 is 1.62 bits per heavy atom. The van der Waals surface area contributed by atoms with Crippen LogP contribution in [0.3, 0.4) is 0 Å². The lowest BCUT2D eigenvalue weighted by Crippen LogP contribution is -2.45. The van der Waals surface area contributed by atoms with E-state index in [2.05, 4.69) is 18.3 Å². The van der Waals surface area contributed by atoms with E-state index < -0.39 is 0 Å². The molecule has 0 spiro atoms. The van der Waals surface area contributed by atoms with E-state index in [1.165, 1.54) is 0 Å². The smallest absolute Gasteiger partial charge is 0.230 e. The van der Waals surface area contributed by atoms with Gasteiger partial charge in [0.05, 0.1) is 30.7 Å². The van der Waals surface area contributed by atoms with Crippen molar-refractivity contribution in [3.05, 3.63) is 24.2 Å². The summed E-state index contributed by atoms with van der Waals surface area (Å²) in [7, 11) is 0. The van der Waals surface area contributed by atoms with Gasteiger partial charge in [0, 0.05) is 13.1 Å². The van der Waals surface area contributed by atoms with Crippen LogP contribution in [0.25, 0.3) is 0 Å². The number of hydrogen-bond acceptors (Lipinski definition) is 4. The second kappa shape index (κ2) is 7.28. The van der Waals surface area contributed by atoms with Gasteiger partial charge < -0.3 is 14.6 Å². The van der Waals surface area contributed by atoms with E-state index >= 15 is 0 Å². The Labute approximate surface area is 125 Å². The van der Waals surface area contributed by atoms with E-state index in [9.17, 15) is 4.79 Å². The summed E-state index contributed by atoms with van der Waals surface area (Å²) >= 11 is 0. The predicted octanol–water partition coefficient (Wildman–Crippen LogP) is 2.30. The minimum Gasteiger partial charge on any atom is -0.467 e. The van der Waals surface area contributed by atoms with Gasteiger partial charge in [0.15, 0.2) is 0 Å². The highest BCUT2D eigenvalue weighted by Crippen LogP contribution is 2.34. The van der Waals surface area contributed by atoms with Crippen LogP contribution in [-0.4, -0.2) is 30.4 Å². The molecular formula is C16H23N3O2. The molecule has 0 bridgehead atoms. The van der Waals surface area contributed by atoms with Crippen molar-refractivity contribution < 1.29 is 9.21 Å². The summed E-state index contributed by atoms with van der Waals surface area (Å²) in [5, 5.41) is 12.1. The number of nitrogens with one attached hydrogen (secondary N) is 1. The molecule has 1 saturated heterocycles. The zero-order chi connectivity index (χ0) is 15.1. The number of rotatable bonds is 7. The third-order valence-corrected chi connectivity index (χ3v) is 4.13. The number of carbonyl (C=O) groups excluding carboxylic acids is 1. The maximum atomic E-state index is 13.0. The monoisotopic (exact) mass is 289 g/mol. The number of nitrogens with zero attached hydrogens (tertiary/aromatic N) is 2. The first-order valence-electron chi connectivity index (χ1n) is 7.61. The summed E-state index contributed by atoms with van der Waals surface area (Å²) in [5.74, 6) is 0.917. The third kappa shape index (κ3) is 3.64. The molecule has 5 nitrogen and oxygen atoms in total.